The van der Waals surface area contributed by atoms with Crippen LogP contribution < -0.4 is 5.32 Å². The lowest BCUT2D eigenvalue weighted by atomic mass is 10.2. The number of nitrogens with one attached hydrogen (secondary N) is 2. The molecular formula is C13H10FIN4. The molecule has 0 spiro atoms. The van der Waals surface area contributed by atoms with Crippen LogP contribution in [-0.2, 0) is 6.54 Å². The molecule has 0 fully saturated rings. The number of benzene rings is 1. The molecule has 4 nitrogen and oxygen atoms in total. The number of hydrogen-bond acceptors (Lipinski definition) is 3. The van der Waals surface area contributed by atoms with Crippen LogP contribution in [0.5, 0.6) is 0 Å². The first-order valence-corrected chi connectivity index (χ1v) is 6.77. The third-order valence-electron chi connectivity index (χ3n) is 2.79. The molecule has 2 aromatic heterocycles. The summed E-state index contributed by atoms with van der Waals surface area (Å²) in [4.78, 5) is 4.25. The molecule has 0 bridgehead atoms. The minimum Gasteiger partial charge on any atom is -0.380 e. The monoisotopic (exact) mass is 368 g/mol. The van der Waals surface area contributed by atoms with Crippen molar-refractivity contribution in [3.8, 4) is 0 Å². The van der Waals surface area contributed by atoms with Crippen molar-refractivity contribution < 1.29 is 4.39 Å². The molecule has 2 heterocycles. The number of hydrogen-bond donors (Lipinski definition) is 2. The van der Waals surface area contributed by atoms with Crippen molar-refractivity contribution in [1.29, 1.82) is 0 Å². The van der Waals surface area contributed by atoms with Gasteiger partial charge in [0.2, 0.25) is 0 Å². The highest BCUT2D eigenvalue weighted by Crippen LogP contribution is 2.18. The zero-order valence-corrected chi connectivity index (χ0v) is 12.0. The first-order valence-electron chi connectivity index (χ1n) is 5.69. The maximum Gasteiger partial charge on any atom is 0.155 e. The normalized spacial score (nSPS) is 10.8. The number of pyridine rings is 1. The minimum atomic E-state index is -0.213. The molecule has 19 heavy (non-hydrogen) atoms. The summed E-state index contributed by atoms with van der Waals surface area (Å²) in [5.74, 6) is -0.213. The van der Waals surface area contributed by atoms with E-state index in [2.05, 4.69) is 43.1 Å². The Bertz CT molecular complexity index is 725. The molecule has 0 unspecified atom stereocenters. The molecule has 2 N–H and O–H groups in total. The quantitative estimate of drug-likeness (QED) is 0.698. The first-order chi connectivity index (χ1) is 9.22. The summed E-state index contributed by atoms with van der Waals surface area (Å²) < 4.78 is 13.9. The Balaban J connectivity index is 1.77. The highest BCUT2D eigenvalue weighted by molar-refractivity contribution is 14.1. The fourth-order valence-corrected chi connectivity index (χ4v) is 2.46. The zero-order valence-electron chi connectivity index (χ0n) is 9.82. The standard InChI is InChI=1S/C13H10FIN4/c14-10-2-1-8(12(15)4-10)5-16-11-3-9-6-18-19-13(9)17-7-11/h1-4,6-7,16H,5H2,(H,17,18,19). The van der Waals surface area contributed by atoms with Crippen LogP contribution >= 0.6 is 22.6 Å². The maximum atomic E-state index is 13.0. The van der Waals surface area contributed by atoms with Gasteiger partial charge in [0.15, 0.2) is 5.65 Å². The van der Waals surface area contributed by atoms with E-state index in [1.807, 2.05) is 6.07 Å². The molecule has 0 amide bonds. The summed E-state index contributed by atoms with van der Waals surface area (Å²) in [5, 5.41) is 11.0. The number of rotatable bonds is 3. The van der Waals surface area contributed by atoms with Crippen molar-refractivity contribution in [3.05, 3.63) is 51.6 Å². The molecule has 3 rings (SSSR count). The van der Waals surface area contributed by atoms with E-state index in [0.717, 1.165) is 25.9 Å². The Morgan fingerprint density at radius 2 is 2.16 bits per heavy atom. The summed E-state index contributed by atoms with van der Waals surface area (Å²) in [6, 6.07) is 6.75. The molecule has 0 aliphatic rings. The zero-order chi connectivity index (χ0) is 13.2. The van der Waals surface area contributed by atoms with Crippen molar-refractivity contribution in [1.82, 2.24) is 15.2 Å². The molecule has 0 saturated carbocycles. The van der Waals surface area contributed by atoms with Crippen molar-refractivity contribution >= 4 is 39.3 Å². The number of fused-ring (bicyclic) bond motifs is 1. The van der Waals surface area contributed by atoms with E-state index in [0.29, 0.717) is 6.54 Å². The average molecular weight is 368 g/mol. The van der Waals surface area contributed by atoms with Gasteiger partial charge in [-0.15, -0.1) is 0 Å². The molecule has 0 radical (unpaired) electrons. The van der Waals surface area contributed by atoms with Gasteiger partial charge in [0.1, 0.15) is 5.82 Å². The summed E-state index contributed by atoms with van der Waals surface area (Å²) in [6.45, 7) is 0.629. The first kappa shape index (κ1) is 12.3. The van der Waals surface area contributed by atoms with Crippen molar-refractivity contribution in [3.63, 3.8) is 0 Å². The molecule has 1 aromatic carbocycles. The van der Waals surface area contributed by atoms with Gasteiger partial charge in [-0.05, 0) is 46.4 Å². The molecular weight excluding hydrogens is 358 g/mol. The Morgan fingerprint density at radius 1 is 1.26 bits per heavy atom. The van der Waals surface area contributed by atoms with E-state index in [-0.39, 0.29) is 5.82 Å². The second-order valence-corrected chi connectivity index (χ2v) is 5.28. The Labute approximate surface area is 122 Å². The molecule has 0 atom stereocenters. The van der Waals surface area contributed by atoms with E-state index in [9.17, 15) is 4.39 Å². The van der Waals surface area contributed by atoms with E-state index < -0.39 is 0 Å². The van der Waals surface area contributed by atoms with Gasteiger partial charge in [0.05, 0.1) is 18.1 Å². The van der Waals surface area contributed by atoms with E-state index in [1.54, 1.807) is 18.5 Å². The fourth-order valence-electron chi connectivity index (χ4n) is 1.80. The van der Waals surface area contributed by atoms with Crippen LogP contribution in [0.4, 0.5) is 10.1 Å². The van der Waals surface area contributed by atoms with Crippen LogP contribution in [0.15, 0.2) is 36.7 Å². The van der Waals surface area contributed by atoms with Crippen molar-refractivity contribution in [2.45, 2.75) is 6.54 Å². The van der Waals surface area contributed by atoms with Gasteiger partial charge < -0.3 is 5.32 Å². The highest BCUT2D eigenvalue weighted by Gasteiger charge is 2.03. The molecule has 0 aliphatic carbocycles. The third kappa shape index (κ3) is 2.67. The van der Waals surface area contributed by atoms with Gasteiger partial charge in [0, 0.05) is 15.5 Å². The van der Waals surface area contributed by atoms with E-state index >= 15 is 0 Å². The van der Waals surface area contributed by atoms with Gasteiger partial charge in [-0.25, -0.2) is 9.37 Å². The van der Waals surface area contributed by atoms with Gasteiger partial charge in [-0.1, -0.05) is 6.07 Å². The third-order valence-corrected chi connectivity index (χ3v) is 3.79. The lowest BCUT2D eigenvalue weighted by Crippen LogP contribution is -2.02. The molecule has 96 valence electrons. The molecule has 0 aliphatic heterocycles. The van der Waals surface area contributed by atoms with Gasteiger partial charge in [-0.2, -0.15) is 5.10 Å². The van der Waals surface area contributed by atoms with Gasteiger partial charge in [0.25, 0.3) is 0 Å². The predicted molar refractivity (Wildman–Crippen MR) is 80.3 cm³/mol. The van der Waals surface area contributed by atoms with Crippen LogP contribution in [0, 0.1) is 9.39 Å². The predicted octanol–water partition coefficient (Wildman–Crippen LogP) is 3.31. The molecule has 0 saturated heterocycles. The molecule has 3 aromatic rings. The SMILES string of the molecule is Fc1ccc(CNc2cnc3[nH]ncc3c2)c(I)c1. The number of H-pyrrole nitrogens is 1. The largest absolute Gasteiger partial charge is 0.380 e. The van der Waals surface area contributed by atoms with Crippen LogP contribution in [0.1, 0.15) is 5.56 Å². The Hall–Kier alpha value is -1.70. The number of aromatic nitrogens is 3. The Kier molecular flexibility index (Phi) is 3.33. The van der Waals surface area contributed by atoms with E-state index in [4.69, 9.17) is 0 Å². The lowest BCUT2D eigenvalue weighted by molar-refractivity contribution is 0.626. The lowest BCUT2D eigenvalue weighted by Gasteiger charge is -2.08. The Morgan fingerprint density at radius 3 is 3.00 bits per heavy atom. The number of anilines is 1. The number of nitrogens with zero attached hydrogens (tertiary/aromatic N) is 2. The van der Waals surface area contributed by atoms with Crippen LogP contribution in [-0.4, -0.2) is 15.2 Å². The van der Waals surface area contributed by atoms with Crippen LogP contribution in [0.3, 0.4) is 0 Å². The van der Waals surface area contributed by atoms with Crippen LogP contribution in [0.2, 0.25) is 0 Å². The van der Waals surface area contributed by atoms with E-state index in [1.165, 1.54) is 12.1 Å². The highest BCUT2D eigenvalue weighted by atomic mass is 127. The second kappa shape index (κ2) is 5.12. The summed E-state index contributed by atoms with van der Waals surface area (Å²) in [5.41, 5.74) is 2.73. The van der Waals surface area contributed by atoms with Crippen molar-refractivity contribution in [2.24, 2.45) is 0 Å². The van der Waals surface area contributed by atoms with Crippen molar-refractivity contribution in [2.75, 3.05) is 5.32 Å². The minimum absolute atomic E-state index is 0.213. The second-order valence-electron chi connectivity index (χ2n) is 4.12. The average Bonchev–Trinajstić information content (AvgIpc) is 2.85. The molecule has 6 heteroatoms. The number of halogens is 2. The summed E-state index contributed by atoms with van der Waals surface area (Å²) in [7, 11) is 0. The summed E-state index contributed by atoms with van der Waals surface area (Å²) >= 11 is 2.13. The van der Waals surface area contributed by atoms with Gasteiger partial charge >= 0.3 is 0 Å². The smallest absolute Gasteiger partial charge is 0.155 e. The fraction of sp³-hybridized carbons (Fsp3) is 0.0769. The maximum absolute atomic E-state index is 13.0. The topological polar surface area (TPSA) is 53.6 Å². The van der Waals surface area contributed by atoms with Gasteiger partial charge in [-0.3, -0.25) is 5.10 Å². The van der Waals surface area contributed by atoms with Crippen LogP contribution in [0.25, 0.3) is 11.0 Å². The summed E-state index contributed by atoms with van der Waals surface area (Å²) in [6.07, 6.45) is 3.48. The number of aromatic amines is 1.